The Morgan fingerprint density at radius 3 is 2.33 bits per heavy atom. The third kappa shape index (κ3) is 6.06. The molecule has 0 bridgehead atoms. The molecule has 0 aromatic heterocycles. The van der Waals surface area contributed by atoms with Crippen LogP contribution in [0.15, 0.2) is 0 Å². The molecule has 0 rings (SSSR count). The van der Waals surface area contributed by atoms with Crippen molar-refractivity contribution in [2.75, 3.05) is 0 Å². The fraction of sp³-hybridized carbons (Fsp3) is 0.800. The lowest BCUT2D eigenvalue weighted by Crippen LogP contribution is -2.53. The van der Waals surface area contributed by atoms with E-state index in [0.29, 0.717) is 0 Å². The van der Waals surface area contributed by atoms with Crippen LogP contribution in [0.4, 0.5) is 4.79 Å². The molecule has 0 heterocycles. The van der Waals surface area contributed by atoms with Crippen LogP contribution in [0.1, 0.15) is 40.5 Å². The Balaban J connectivity index is 4.17. The predicted octanol–water partition coefficient (Wildman–Crippen LogP) is 0.738. The maximum Gasteiger partial charge on any atom is 0.318 e. The minimum atomic E-state index is -0.818. The van der Waals surface area contributed by atoms with Crippen molar-refractivity contribution in [2.24, 2.45) is 5.73 Å². The van der Waals surface area contributed by atoms with Gasteiger partial charge >= 0.3 is 6.03 Å². The smallest absolute Gasteiger partial charge is 0.318 e. The van der Waals surface area contributed by atoms with Gasteiger partial charge in [0.05, 0.1) is 6.04 Å². The molecule has 5 nitrogen and oxygen atoms in total. The zero-order chi connectivity index (χ0) is 12.1. The number of rotatable bonds is 5. The maximum absolute atomic E-state index is 11.4. The Morgan fingerprint density at radius 1 is 1.40 bits per heavy atom. The van der Waals surface area contributed by atoms with Gasteiger partial charge in [-0.05, 0) is 27.2 Å². The first-order valence-electron chi connectivity index (χ1n) is 5.16. The molecular weight excluding hydrogens is 194 g/mol. The molecule has 88 valence electrons. The highest BCUT2D eigenvalue weighted by Crippen LogP contribution is 2.11. The highest BCUT2D eigenvalue weighted by Gasteiger charge is 2.23. The quantitative estimate of drug-likeness (QED) is 0.632. The van der Waals surface area contributed by atoms with Gasteiger partial charge in [-0.15, -0.1) is 0 Å². The third-order valence-electron chi connectivity index (χ3n) is 2.12. The van der Waals surface area contributed by atoms with Crippen molar-refractivity contribution >= 4 is 11.9 Å². The van der Waals surface area contributed by atoms with Gasteiger partial charge in [-0.1, -0.05) is 13.3 Å². The highest BCUT2D eigenvalue weighted by molar-refractivity contribution is 5.96. The normalized spacial score (nSPS) is 13.3. The van der Waals surface area contributed by atoms with Gasteiger partial charge in [0.2, 0.25) is 5.91 Å². The van der Waals surface area contributed by atoms with Gasteiger partial charge in [-0.25, -0.2) is 4.79 Å². The van der Waals surface area contributed by atoms with Gasteiger partial charge in [0, 0.05) is 5.54 Å². The lowest BCUT2D eigenvalue weighted by molar-refractivity contribution is -0.122. The van der Waals surface area contributed by atoms with Crippen molar-refractivity contribution < 1.29 is 9.59 Å². The van der Waals surface area contributed by atoms with E-state index < -0.39 is 18.0 Å². The zero-order valence-corrected chi connectivity index (χ0v) is 9.89. The topological polar surface area (TPSA) is 84.2 Å². The molecule has 0 radical (unpaired) electrons. The molecule has 15 heavy (non-hydrogen) atoms. The molecule has 0 fully saturated rings. The van der Waals surface area contributed by atoms with Crippen LogP contribution in [0.2, 0.25) is 0 Å². The fourth-order valence-electron chi connectivity index (χ4n) is 1.58. The molecule has 1 unspecified atom stereocenters. The van der Waals surface area contributed by atoms with E-state index in [1.165, 1.54) is 0 Å². The first-order valence-corrected chi connectivity index (χ1v) is 5.16. The third-order valence-corrected chi connectivity index (χ3v) is 2.12. The second-order valence-electron chi connectivity index (χ2n) is 4.35. The van der Waals surface area contributed by atoms with E-state index in [2.05, 4.69) is 12.2 Å². The van der Waals surface area contributed by atoms with Crippen molar-refractivity contribution in [2.45, 2.75) is 52.1 Å². The molecule has 0 aromatic carbocycles. The molecule has 0 aromatic rings. The summed E-state index contributed by atoms with van der Waals surface area (Å²) < 4.78 is 0. The van der Waals surface area contributed by atoms with Crippen LogP contribution in [0.5, 0.6) is 0 Å². The van der Waals surface area contributed by atoms with E-state index in [1.807, 2.05) is 19.2 Å². The number of imide groups is 1. The van der Waals surface area contributed by atoms with Gasteiger partial charge in [-0.2, -0.15) is 0 Å². The van der Waals surface area contributed by atoms with Crippen LogP contribution in [-0.4, -0.2) is 23.5 Å². The number of carbonyl (C=O) groups is 2. The van der Waals surface area contributed by atoms with Gasteiger partial charge in [0.1, 0.15) is 0 Å². The van der Waals surface area contributed by atoms with E-state index in [0.717, 1.165) is 12.8 Å². The molecule has 0 saturated heterocycles. The second-order valence-corrected chi connectivity index (χ2v) is 4.35. The van der Waals surface area contributed by atoms with Gasteiger partial charge in [0.25, 0.3) is 0 Å². The van der Waals surface area contributed by atoms with Crippen molar-refractivity contribution in [1.82, 2.24) is 10.6 Å². The van der Waals surface area contributed by atoms with Crippen molar-refractivity contribution in [3.63, 3.8) is 0 Å². The lowest BCUT2D eigenvalue weighted by atomic mass is 9.98. The molecular formula is C10H21N3O2. The fourth-order valence-corrected chi connectivity index (χ4v) is 1.58. The summed E-state index contributed by atoms with van der Waals surface area (Å²) in [6.07, 6.45) is 1.99. The summed E-state index contributed by atoms with van der Waals surface area (Å²) in [5.74, 6) is -0.397. The largest absolute Gasteiger partial charge is 0.351 e. The molecule has 5 heteroatoms. The van der Waals surface area contributed by atoms with Gasteiger partial charge in [-0.3, -0.25) is 10.1 Å². The minimum absolute atomic E-state index is 0.122. The van der Waals surface area contributed by atoms with E-state index in [4.69, 9.17) is 5.73 Å². The molecule has 0 aliphatic carbocycles. The minimum Gasteiger partial charge on any atom is -0.351 e. The number of nitrogens with one attached hydrogen (secondary N) is 2. The number of amides is 3. The van der Waals surface area contributed by atoms with E-state index in [-0.39, 0.29) is 5.54 Å². The highest BCUT2D eigenvalue weighted by atomic mass is 16.2. The van der Waals surface area contributed by atoms with E-state index in [1.54, 1.807) is 6.92 Å². The average Bonchev–Trinajstić information content (AvgIpc) is 2.01. The summed E-state index contributed by atoms with van der Waals surface area (Å²) >= 11 is 0. The van der Waals surface area contributed by atoms with Crippen LogP contribution in [0.3, 0.4) is 0 Å². The van der Waals surface area contributed by atoms with Crippen LogP contribution in [0.25, 0.3) is 0 Å². The van der Waals surface area contributed by atoms with Crippen molar-refractivity contribution in [3.05, 3.63) is 0 Å². The molecule has 0 aliphatic heterocycles. The predicted molar refractivity (Wildman–Crippen MR) is 59.3 cm³/mol. The van der Waals surface area contributed by atoms with Crippen molar-refractivity contribution in [3.8, 4) is 0 Å². The monoisotopic (exact) mass is 215 g/mol. The van der Waals surface area contributed by atoms with E-state index >= 15 is 0 Å². The Morgan fingerprint density at radius 2 is 1.93 bits per heavy atom. The molecule has 1 atom stereocenters. The number of carbonyl (C=O) groups excluding carboxylic acids is 2. The summed E-state index contributed by atoms with van der Waals surface area (Å²) in [4.78, 5) is 21.8. The number of hydrogen-bond acceptors (Lipinski definition) is 3. The van der Waals surface area contributed by atoms with E-state index in [9.17, 15) is 9.59 Å². The van der Waals surface area contributed by atoms with Crippen LogP contribution >= 0.6 is 0 Å². The summed E-state index contributed by atoms with van der Waals surface area (Å²) in [6, 6.07) is -1.25. The summed E-state index contributed by atoms with van der Waals surface area (Å²) in [6.45, 7) is 7.82. The number of urea groups is 1. The van der Waals surface area contributed by atoms with Crippen LogP contribution < -0.4 is 16.4 Å². The van der Waals surface area contributed by atoms with Crippen molar-refractivity contribution in [1.29, 1.82) is 0 Å². The number of nitrogens with two attached hydrogens (primary N) is 1. The standard InChI is InChI=1S/C10H21N3O2/c1-5-6-10(3,4)13-7(2)8(14)12-9(11)15/h7,13H,5-6H2,1-4H3,(H3,11,12,14,15). The second kappa shape index (κ2) is 5.70. The van der Waals surface area contributed by atoms with Gasteiger partial charge in [0.15, 0.2) is 0 Å². The number of hydrogen-bond donors (Lipinski definition) is 3. The maximum atomic E-state index is 11.4. The summed E-state index contributed by atoms with van der Waals surface area (Å²) in [5.41, 5.74) is 4.73. The molecule has 0 saturated carbocycles. The van der Waals surface area contributed by atoms with Gasteiger partial charge < -0.3 is 11.1 Å². The Hall–Kier alpha value is -1.10. The Labute approximate surface area is 90.8 Å². The summed E-state index contributed by atoms with van der Waals surface area (Å²) in [7, 11) is 0. The molecule has 0 aliphatic rings. The molecule has 3 amide bonds. The lowest BCUT2D eigenvalue weighted by Gasteiger charge is -2.29. The zero-order valence-electron chi connectivity index (χ0n) is 9.89. The van der Waals surface area contributed by atoms with Crippen LogP contribution in [0, 0.1) is 0 Å². The Bertz CT molecular complexity index is 239. The SMILES string of the molecule is CCCC(C)(C)NC(C)C(=O)NC(N)=O. The molecule has 0 spiro atoms. The molecule has 4 N–H and O–H groups in total. The van der Waals surface area contributed by atoms with Crippen LogP contribution in [-0.2, 0) is 4.79 Å². The summed E-state index contributed by atoms with van der Waals surface area (Å²) in [5, 5.41) is 5.19. The Kier molecular flexibility index (Phi) is 5.28. The average molecular weight is 215 g/mol. The number of primary amides is 1. The first kappa shape index (κ1) is 13.9. The first-order chi connectivity index (χ1) is 6.78.